The molecule has 1 aliphatic rings. The second-order valence-corrected chi connectivity index (χ2v) is 10.3. The Hall–Kier alpha value is -2.57. The van der Waals surface area contributed by atoms with Crippen molar-refractivity contribution in [2.24, 2.45) is 0 Å². The predicted molar refractivity (Wildman–Crippen MR) is 139 cm³/mol. The zero-order valence-corrected chi connectivity index (χ0v) is 22.3. The summed E-state index contributed by atoms with van der Waals surface area (Å²) in [7, 11) is 1.24. The van der Waals surface area contributed by atoms with Crippen molar-refractivity contribution in [1.29, 1.82) is 0 Å². The smallest absolute Gasteiger partial charge is 0.373 e. The quantitative estimate of drug-likeness (QED) is 0.169. The maximum atomic E-state index is 13.0. The van der Waals surface area contributed by atoms with Crippen molar-refractivity contribution in [2.45, 2.75) is 13.2 Å². The van der Waals surface area contributed by atoms with E-state index in [0.717, 1.165) is 30.3 Å². The maximum Gasteiger partial charge on any atom is 0.373 e. The average molecular weight is 654 g/mol. The number of furan rings is 1. The van der Waals surface area contributed by atoms with Crippen LogP contribution < -0.4 is 4.74 Å². The van der Waals surface area contributed by atoms with Gasteiger partial charge in [0.05, 0.1) is 18.6 Å². The molecule has 0 unspecified atom stereocenters. The molecule has 0 bridgehead atoms. The van der Waals surface area contributed by atoms with Gasteiger partial charge in [0.15, 0.2) is 0 Å². The van der Waals surface area contributed by atoms with Gasteiger partial charge in [0.25, 0.3) is 11.1 Å². The molecule has 2 amide bonds. The topological polar surface area (TPSA) is 86.0 Å². The summed E-state index contributed by atoms with van der Waals surface area (Å²) in [5.74, 6) is -0.193. The molecule has 0 atom stereocenters. The second-order valence-electron chi connectivity index (χ2n) is 7.12. The summed E-state index contributed by atoms with van der Waals surface area (Å²) in [6.07, 6.45) is 1.64. The van der Waals surface area contributed by atoms with E-state index in [0.29, 0.717) is 23.7 Å². The number of hydrogen-bond donors (Lipinski definition) is 0. The number of nitrogens with zero attached hydrogens (tertiary/aromatic N) is 1. The minimum atomic E-state index is -0.632. The van der Waals surface area contributed by atoms with Crippen LogP contribution >= 0.6 is 50.3 Å². The largest absolute Gasteiger partial charge is 0.488 e. The molecule has 1 aliphatic heterocycles. The van der Waals surface area contributed by atoms with E-state index in [9.17, 15) is 14.4 Å². The molecule has 0 saturated carbocycles. The summed E-state index contributed by atoms with van der Waals surface area (Å²) >= 11 is 6.53. The number of carbonyl (C=O) groups is 3. The van der Waals surface area contributed by atoms with Gasteiger partial charge in [-0.2, -0.15) is 0 Å². The molecule has 34 heavy (non-hydrogen) atoms. The van der Waals surface area contributed by atoms with Crippen LogP contribution in [0.1, 0.15) is 27.4 Å². The number of benzene rings is 2. The van der Waals surface area contributed by atoms with E-state index in [1.165, 1.54) is 19.2 Å². The van der Waals surface area contributed by atoms with E-state index in [1.54, 1.807) is 6.08 Å². The highest BCUT2D eigenvalue weighted by Crippen LogP contribution is 2.36. The first kappa shape index (κ1) is 24.6. The van der Waals surface area contributed by atoms with Crippen molar-refractivity contribution in [1.82, 2.24) is 4.90 Å². The SMILES string of the molecule is COC(=O)c1ccc(CN2C(=O)S/C(=C/c3cc(Br)ccc3OCc3ccc(I)cc3)C2=O)o1. The number of rotatable bonds is 7. The lowest BCUT2D eigenvalue weighted by Crippen LogP contribution is -2.27. The van der Waals surface area contributed by atoms with E-state index in [1.807, 2.05) is 42.5 Å². The molecule has 3 aromatic rings. The summed E-state index contributed by atoms with van der Waals surface area (Å²) in [5, 5.41) is -0.427. The van der Waals surface area contributed by atoms with E-state index in [2.05, 4.69) is 43.3 Å². The van der Waals surface area contributed by atoms with Gasteiger partial charge in [-0.25, -0.2) is 4.79 Å². The summed E-state index contributed by atoms with van der Waals surface area (Å²) in [5.41, 5.74) is 1.68. The van der Waals surface area contributed by atoms with Gasteiger partial charge in [0, 0.05) is 13.6 Å². The van der Waals surface area contributed by atoms with Crippen molar-refractivity contribution in [3.63, 3.8) is 0 Å². The molecule has 4 rings (SSSR count). The van der Waals surface area contributed by atoms with E-state index in [4.69, 9.17) is 9.15 Å². The highest BCUT2D eigenvalue weighted by Gasteiger charge is 2.36. The number of imide groups is 1. The minimum absolute atomic E-state index is 0.00377. The normalized spacial score (nSPS) is 14.7. The van der Waals surface area contributed by atoms with E-state index >= 15 is 0 Å². The molecule has 0 spiro atoms. The van der Waals surface area contributed by atoms with Crippen LogP contribution in [0.25, 0.3) is 6.08 Å². The first-order valence-electron chi connectivity index (χ1n) is 9.93. The fourth-order valence-corrected chi connectivity index (χ4v) is 4.68. The van der Waals surface area contributed by atoms with Gasteiger partial charge in [-0.1, -0.05) is 28.1 Å². The Morgan fingerprint density at radius 1 is 1.15 bits per heavy atom. The Morgan fingerprint density at radius 2 is 1.91 bits per heavy atom. The summed E-state index contributed by atoms with van der Waals surface area (Å²) in [4.78, 5) is 38.4. The number of hydrogen-bond acceptors (Lipinski definition) is 7. The molecule has 1 saturated heterocycles. The molecule has 2 aromatic carbocycles. The van der Waals surface area contributed by atoms with Crippen molar-refractivity contribution in [3.8, 4) is 5.75 Å². The standard InChI is InChI=1S/C24H17BrINO6S/c1-31-23(29)20-9-7-18(33-20)12-27-22(28)21(34-24(27)30)11-15-10-16(25)4-8-19(15)32-13-14-2-5-17(26)6-3-14/h2-11H,12-13H2,1H3/b21-11+. The molecular formula is C24H17BrINO6S. The summed E-state index contributed by atoms with van der Waals surface area (Å²) in [6.45, 7) is 0.273. The molecular weight excluding hydrogens is 637 g/mol. The molecule has 2 heterocycles. The number of esters is 1. The molecule has 0 radical (unpaired) electrons. The van der Waals surface area contributed by atoms with Gasteiger partial charge in [0.1, 0.15) is 18.1 Å². The van der Waals surface area contributed by atoms with Crippen LogP contribution in [0.4, 0.5) is 4.79 Å². The van der Waals surface area contributed by atoms with Gasteiger partial charge in [-0.15, -0.1) is 0 Å². The highest BCUT2D eigenvalue weighted by atomic mass is 127. The van der Waals surface area contributed by atoms with Crippen molar-refractivity contribution < 1.29 is 28.3 Å². The fourth-order valence-electron chi connectivity index (χ4n) is 3.11. The zero-order chi connectivity index (χ0) is 24.2. The minimum Gasteiger partial charge on any atom is -0.488 e. The lowest BCUT2D eigenvalue weighted by Gasteiger charge is -2.11. The van der Waals surface area contributed by atoms with Crippen LogP contribution in [-0.2, 0) is 22.7 Å². The van der Waals surface area contributed by atoms with Crippen LogP contribution in [0.2, 0.25) is 0 Å². The van der Waals surface area contributed by atoms with Crippen molar-refractivity contribution in [2.75, 3.05) is 7.11 Å². The Kier molecular flexibility index (Phi) is 7.79. The Morgan fingerprint density at radius 3 is 2.65 bits per heavy atom. The molecule has 1 aromatic heterocycles. The number of amides is 2. The third-order valence-electron chi connectivity index (χ3n) is 4.80. The van der Waals surface area contributed by atoms with Crippen LogP contribution in [0.15, 0.2) is 68.4 Å². The van der Waals surface area contributed by atoms with E-state index in [-0.39, 0.29) is 17.2 Å². The van der Waals surface area contributed by atoms with Crippen LogP contribution in [0.3, 0.4) is 0 Å². The average Bonchev–Trinajstić information content (AvgIpc) is 3.39. The van der Waals surface area contributed by atoms with Crippen LogP contribution in [0.5, 0.6) is 5.75 Å². The molecule has 0 aliphatic carbocycles. The Balaban J connectivity index is 1.52. The number of carbonyl (C=O) groups excluding carboxylic acids is 3. The maximum absolute atomic E-state index is 13.0. The lowest BCUT2D eigenvalue weighted by molar-refractivity contribution is -0.123. The third-order valence-corrected chi connectivity index (χ3v) is 6.92. The van der Waals surface area contributed by atoms with Gasteiger partial charge < -0.3 is 13.9 Å². The van der Waals surface area contributed by atoms with E-state index < -0.39 is 17.1 Å². The fraction of sp³-hybridized carbons (Fsp3) is 0.125. The van der Waals surface area contributed by atoms with Gasteiger partial charge in [-0.3, -0.25) is 14.5 Å². The second kappa shape index (κ2) is 10.8. The first-order valence-corrected chi connectivity index (χ1v) is 12.6. The predicted octanol–water partition coefficient (Wildman–Crippen LogP) is 6.25. The number of halogens is 2. The van der Waals surface area contributed by atoms with Gasteiger partial charge in [0.2, 0.25) is 5.76 Å². The van der Waals surface area contributed by atoms with Crippen molar-refractivity contribution in [3.05, 3.63) is 90.2 Å². The molecule has 10 heteroatoms. The Labute approximate surface area is 221 Å². The highest BCUT2D eigenvalue weighted by molar-refractivity contribution is 14.1. The number of methoxy groups -OCH3 is 1. The van der Waals surface area contributed by atoms with Crippen molar-refractivity contribution >= 4 is 73.5 Å². The molecule has 7 nitrogen and oxygen atoms in total. The zero-order valence-electron chi connectivity index (χ0n) is 17.7. The summed E-state index contributed by atoms with van der Waals surface area (Å²) < 4.78 is 17.9. The van der Waals surface area contributed by atoms with Gasteiger partial charge in [-0.05, 0) is 88.5 Å². The Bertz CT molecular complexity index is 1290. The van der Waals surface area contributed by atoms with Gasteiger partial charge >= 0.3 is 5.97 Å². The third kappa shape index (κ3) is 5.73. The monoisotopic (exact) mass is 653 g/mol. The number of ether oxygens (including phenoxy) is 2. The molecule has 1 fully saturated rings. The first-order chi connectivity index (χ1) is 16.3. The number of thioether (sulfide) groups is 1. The molecule has 0 N–H and O–H groups in total. The summed E-state index contributed by atoms with van der Waals surface area (Å²) in [6, 6.07) is 16.4. The van der Waals surface area contributed by atoms with Crippen LogP contribution in [-0.4, -0.2) is 29.1 Å². The molecule has 174 valence electrons. The van der Waals surface area contributed by atoms with Crippen LogP contribution in [0, 0.1) is 3.57 Å². The lowest BCUT2D eigenvalue weighted by atomic mass is 10.1.